The zero-order chi connectivity index (χ0) is 28.6. The molecule has 3 aromatic carbocycles. The summed E-state index contributed by atoms with van der Waals surface area (Å²) in [6, 6.07) is 20.7. The number of alkyl halides is 1. The molecule has 5 rings (SSSR count). The fourth-order valence-corrected chi connectivity index (χ4v) is 4.16. The Morgan fingerprint density at radius 1 is 0.976 bits per heavy atom. The number of H-pyrrole nitrogens is 1. The summed E-state index contributed by atoms with van der Waals surface area (Å²) in [5.41, 5.74) is 4.24. The summed E-state index contributed by atoms with van der Waals surface area (Å²) in [6.07, 6.45) is 4.44. The highest BCUT2D eigenvalue weighted by atomic mass is 19.1. The number of halogens is 1. The van der Waals surface area contributed by atoms with Gasteiger partial charge in [0, 0.05) is 34.4 Å². The first-order valence-electron chi connectivity index (χ1n) is 13.4. The molecule has 0 bridgehead atoms. The number of nitrogens with one attached hydrogen (secondary N) is 3. The van der Waals surface area contributed by atoms with E-state index in [1.807, 2.05) is 62.5 Å². The van der Waals surface area contributed by atoms with Crippen LogP contribution in [0.15, 0.2) is 79.1 Å². The molecule has 0 fully saturated rings. The largest absolute Gasteiger partial charge is 0.491 e. The molecule has 2 heterocycles. The average Bonchev–Trinajstić information content (AvgIpc) is 3.55. The number of benzene rings is 3. The number of aromatic amines is 1. The van der Waals surface area contributed by atoms with E-state index in [0.29, 0.717) is 28.7 Å². The minimum atomic E-state index is -0.584. The minimum Gasteiger partial charge on any atom is -0.491 e. The molecular formula is C31H31FN6O3. The van der Waals surface area contributed by atoms with Gasteiger partial charge in [0.1, 0.15) is 30.6 Å². The third-order valence-electron chi connectivity index (χ3n) is 6.47. The van der Waals surface area contributed by atoms with Crippen LogP contribution in [-0.4, -0.2) is 52.0 Å². The van der Waals surface area contributed by atoms with Crippen LogP contribution in [0.25, 0.3) is 33.4 Å². The van der Waals surface area contributed by atoms with Gasteiger partial charge in [-0.25, -0.2) is 14.4 Å². The van der Waals surface area contributed by atoms with Crippen LogP contribution >= 0.6 is 0 Å². The first-order valence-corrected chi connectivity index (χ1v) is 13.4. The zero-order valence-electron chi connectivity index (χ0n) is 22.9. The van der Waals surface area contributed by atoms with Crippen LogP contribution in [0.2, 0.25) is 0 Å². The maximum Gasteiger partial charge on any atom is 0.258 e. The predicted molar refractivity (Wildman–Crippen MR) is 157 cm³/mol. The van der Waals surface area contributed by atoms with Gasteiger partial charge in [0.2, 0.25) is 0 Å². The lowest BCUT2D eigenvalue weighted by Gasteiger charge is -2.14. The van der Waals surface area contributed by atoms with Crippen LogP contribution in [0, 0.1) is 0 Å². The number of fused-ring (bicyclic) bond motifs is 1. The lowest BCUT2D eigenvalue weighted by molar-refractivity contribution is -0.123. The molecule has 1 unspecified atom stereocenters. The van der Waals surface area contributed by atoms with E-state index in [1.54, 1.807) is 30.5 Å². The van der Waals surface area contributed by atoms with Crippen molar-refractivity contribution in [3.05, 3.63) is 79.1 Å². The Morgan fingerprint density at radius 2 is 1.80 bits per heavy atom. The standard InChI is InChI=1S/C31H31FN6O3/c1-3-20(2)35-29(39)19-41-25-6-4-5-22(15-25)30-37-28-12-11-26(40-14-13-32)16-27(28)31(38-30)36-24-9-7-21(8-10-24)23-17-33-34-18-23/h4-12,15-18,20H,3,13-14,19H2,1-2H3,(H,33,34)(H,35,39)(H,36,37,38). The van der Waals surface area contributed by atoms with Gasteiger partial charge in [0.05, 0.1) is 11.7 Å². The number of aromatic nitrogens is 4. The van der Waals surface area contributed by atoms with Gasteiger partial charge in [-0.3, -0.25) is 9.89 Å². The Hall–Kier alpha value is -4.99. The Bertz CT molecular complexity index is 1610. The third kappa shape index (κ3) is 6.96. The summed E-state index contributed by atoms with van der Waals surface area (Å²) < 4.78 is 24.0. The molecule has 0 aliphatic heterocycles. The summed E-state index contributed by atoms with van der Waals surface area (Å²) in [6.45, 7) is 3.25. The fraction of sp³-hybridized carbons (Fsp3) is 0.226. The quantitative estimate of drug-likeness (QED) is 0.171. The molecule has 1 amide bonds. The Kier molecular flexibility index (Phi) is 8.68. The van der Waals surface area contributed by atoms with E-state index in [2.05, 4.69) is 20.8 Å². The van der Waals surface area contributed by atoms with Gasteiger partial charge < -0.3 is 20.1 Å². The molecule has 10 heteroatoms. The van der Waals surface area contributed by atoms with Crippen molar-refractivity contribution in [2.45, 2.75) is 26.3 Å². The van der Waals surface area contributed by atoms with Gasteiger partial charge in [-0.2, -0.15) is 5.10 Å². The van der Waals surface area contributed by atoms with Crippen molar-refractivity contribution in [1.29, 1.82) is 0 Å². The highest BCUT2D eigenvalue weighted by Crippen LogP contribution is 2.32. The summed E-state index contributed by atoms with van der Waals surface area (Å²) >= 11 is 0. The van der Waals surface area contributed by atoms with Crippen molar-refractivity contribution < 1.29 is 18.7 Å². The normalized spacial score (nSPS) is 11.7. The fourth-order valence-electron chi connectivity index (χ4n) is 4.16. The van der Waals surface area contributed by atoms with Crippen molar-refractivity contribution in [1.82, 2.24) is 25.5 Å². The number of nitrogens with zero attached hydrogens (tertiary/aromatic N) is 3. The number of carbonyl (C=O) groups is 1. The van der Waals surface area contributed by atoms with Crippen molar-refractivity contribution >= 4 is 28.3 Å². The summed E-state index contributed by atoms with van der Waals surface area (Å²) in [5, 5.41) is 13.9. The second kappa shape index (κ2) is 12.9. The Labute approximate surface area is 237 Å². The molecule has 0 aliphatic carbocycles. The molecule has 0 radical (unpaired) electrons. The van der Waals surface area contributed by atoms with E-state index >= 15 is 0 Å². The Morgan fingerprint density at radius 3 is 2.56 bits per heavy atom. The van der Waals surface area contributed by atoms with Gasteiger partial charge in [-0.1, -0.05) is 31.2 Å². The van der Waals surface area contributed by atoms with Crippen molar-refractivity contribution in [3.8, 4) is 34.0 Å². The van der Waals surface area contributed by atoms with Crippen molar-refractivity contribution in [3.63, 3.8) is 0 Å². The van der Waals surface area contributed by atoms with Crippen LogP contribution in [0.3, 0.4) is 0 Å². The second-order valence-corrected chi connectivity index (χ2v) is 9.49. The first-order chi connectivity index (χ1) is 20.0. The van der Waals surface area contributed by atoms with Gasteiger partial charge in [0.25, 0.3) is 5.91 Å². The Balaban J connectivity index is 1.45. The van der Waals surface area contributed by atoms with Crippen LogP contribution in [0.1, 0.15) is 20.3 Å². The molecule has 9 nitrogen and oxygen atoms in total. The number of anilines is 2. The number of amides is 1. The molecule has 0 saturated heterocycles. The highest BCUT2D eigenvalue weighted by molar-refractivity contribution is 5.93. The van der Waals surface area contributed by atoms with E-state index in [0.717, 1.165) is 34.2 Å². The number of hydrogen-bond acceptors (Lipinski definition) is 7. The minimum absolute atomic E-state index is 0.0369. The molecule has 3 N–H and O–H groups in total. The first kappa shape index (κ1) is 27.6. The molecule has 0 spiro atoms. The van der Waals surface area contributed by atoms with Crippen LogP contribution in [0.5, 0.6) is 11.5 Å². The lowest BCUT2D eigenvalue weighted by Crippen LogP contribution is -2.35. The van der Waals surface area contributed by atoms with Gasteiger partial charge in [-0.15, -0.1) is 0 Å². The van der Waals surface area contributed by atoms with Gasteiger partial charge in [0.15, 0.2) is 12.4 Å². The number of ether oxygens (including phenoxy) is 2. The molecule has 1 atom stereocenters. The number of carbonyl (C=O) groups excluding carboxylic acids is 1. The lowest BCUT2D eigenvalue weighted by atomic mass is 10.1. The molecule has 0 saturated carbocycles. The second-order valence-electron chi connectivity index (χ2n) is 9.49. The molecule has 0 aliphatic rings. The zero-order valence-corrected chi connectivity index (χ0v) is 22.9. The highest BCUT2D eigenvalue weighted by Gasteiger charge is 2.13. The molecule has 210 valence electrons. The smallest absolute Gasteiger partial charge is 0.258 e. The number of hydrogen-bond donors (Lipinski definition) is 3. The van der Waals surface area contributed by atoms with Crippen molar-refractivity contribution in [2.75, 3.05) is 25.2 Å². The average molecular weight is 555 g/mol. The van der Waals surface area contributed by atoms with E-state index in [9.17, 15) is 9.18 Å². The maximum absolute atomic E-state index is 12.7. The number of rotatable bonds is 12. The predicted octanol–water partition coefficient (Wildman–Crippen LogP) is 6.07. The maximum atomic E-state index is 12.7. The van der Waals surface area contributed by atoms with Crippen molar-refractivity contribution in [2.24, 2.45) is 0 Å². The summed E-state index contributed by atoms with van der Waals surface area (Å²) in [4.78, 5) is 21.8. The van der Waals surface area contributed by atoms with E-state index in [1.165, 1.54) is 0 Å². The third-order valence-corrected chi connectivity index (χ3v) is 6.47. The van der Waals surface area contributed by atoms with Crippen LogP contribution in [0.4, 0.5) is 15.9 Å². The summed E-state index contributed by atoms with van der Waals surface area (Å²) in [5.74, 6) is 1.91. The van der Waals surface area contributed by atoms with Crippen LogP contribution in [-0.2, 0) is 4.79 Å². The van der Waals surface area contributed by atoms with Gasteiger partial charge in [-0.05, 0) is 61.4 Å². The van der Waals surface area contributed by atoms with E-state index in [-0.39, 0.29) is 25.2 Å². The van der Waals surface area contributed by atoms with E-state index in [4.69, 9.17) is 19.4 Å². The summed E-state index contributed by atoms with van der Waals surface area (Å²) in [7, 11) is 0. The molecular weight excluding hydrogens is 523 g/mol. The van der Waals surface area contributed by atoms with Gasteiger partial charge >= 0.3 is 0 Å². The van der Waals surface area contributed by atoms with Crippen LogP contribution < -0.4 is 20.1 Å². The molecule has 41 heavy (non-hydrogen) atoms. The molecule has 5 aromatic rings. The molecule has 2 aromatic heterocycles. The topological polar surface area (TPSA) is 114 Å². The van der Waals surface area contributed by atoms with E-state index < -0.39 is 6.67 Å². The monoisotopic (exact) mass is 554 g/mol. The SMILES string of the molecule is CCC(C)NC(=O)COc1cccc(-c2nc(Nc3ccc(-c4cn[nH]c4)cc3)c3cc(OCCF)ccc3n2)c1.